The molecule has 0 unspecified atom stereocenters. The summed E-state index contributed by atoms with van der Waals surface area (Å²) in [5.74, 6) is 5.30. The molecule has 6 nitrogen and oxygen atoms in total. The lowest BCUT2D eigenvalue weighted by atomic mass is 9.82. The molecule has 33 heavy (non-hydrogen) atoms. The highest BCUT2D eigenvalue weighted by Crippen LogP contribution is 2.37. The number of thiophene rings is 1. The van der Waals surface area contributed by atoms with Crippen molar-refractivity contribution in [3.05, 3.63) is 15.8 Å². The van der Waals surface area contributed by atoms with Gasteiger partial charge in [-0.1, -0.05) is 18.8 Å². The number of carbonyl (C=O) groups is 3. The quantitative estimate of drug-likeness (QED) is 0.625. The molecule has 1 N–H and O–H groups in total. The van der Waals surface area contributed by atoms with E-state index >= 15 is 0 Å². The normalized spacial score (nSPS) is 24.0. The van der Waals surface area contributed by atoms with Crippen molar-refractivity contribution in [2.45, 2.75) is 78.7 Å². The number of carbonyl (C=O) groups excluding carboxylic acids is 2. The second-order valence-corrected chi connectivity index (χ2v) is 11.6. The average Bonchev–Trinajstić information content (AvgIpc) is 3.10. The molecule has 1 saturated carbocycles. The van der Waals surface area contributed by atoms with Crippen LogP contribution in [-0.2, 0) is 9.59 Å². The van der Waals surface area contributed by atoms with Crippen LogP contribution in [0.3, 0.4) is 0 Å². The lowest BCUT2D eigenvalue weighted by molar-refractivity contribution is -0.134. The van der Waals surface area contributed by atoms with Crippen LogP contribution in [0.4, 0.5) is 5.69 Å². The van der Waals surface area contributed by atoms with Gasteiger partial charge in [-0.2, -0.15) is 0 Å². The summed E-state index contributed by atoms with van der Waals surface area (Å²) in [6.07, 6.45) is 5.72. The Hall–Kier alpha value is -2.33. The zero-order valence-electron chi connectivity index (χ0n) is 20.4. The molecule has 1 atom stereocenters. The van der Waals surface area contributed by atoms with Gasteiger partial charge >= 0.3 is 5.97 Å². The van der Waals surface area contributed by atoms with Crippen LogP contribution < -0.4 is 4.90 Å². The molecule has 0 bridgehead atoms. The lowest BCUT2D eigenvalue weighted by Crippen LogP contribution is -2.51. The standard InChI is InChI=1S/C26H36N2O4S/c1-17-9-11-18(12-10-17)23(29)28(20-8-6-7-15-27(5)24(20)30)21-16-19(13-14-26(2,3)4)33-22(21)25(31)32/h16-18,20H,6-12,15H2,1-5H3,(H,31,32)/t17?,18?,20-/m0/s1. The molecule has 1 aromatic rings. The van der Waals surface area contributed by atoms with Gasteiger partial charge in [0, 0.05) is 24.9 Å². The van der Waals surface area contributed by atoms with Crippen molar-refractivity contribution in [3.63, 3.8) is 0 Å². The Kier molecular flexibility index (Phi) is 7.89. The molecule has 3 rings (SSSR count). The third kappa shape index (κ3) is 6.17. The van der Waals surface area contributed by atoms with Crippen molar-refractivity contribution in [3.8, 4) is 11.8 Å². The number of hydrogen-bond donors (Lipinski definition) is 1. The first-order chi connectivity index (χ1) is 15.5. The Morgan fingerprint density at radius 2 is 1.82 bits per heavy atom. The SMILES string of the molecule is CC1CCC(C(=O)N(c2cc(C#CC(C)(C)C)sc2C(=O)O)[C@H]2CCCCN(C)C2=O)CC1. The first kappa shape index (κ1) is 25.3. The molecule has 2 amide bonds. The fourth-order valence-corrected chi connectivity index (χ4v) is 5.42. The molecule has 0 aromatic carbocycles. The van der Waals surface area contributed by atoms with Crippen LogP contribution in [0.15, 0.2) is 6.07 Å². The highest BCUT2D eigenvalue weighted by Gasteiger charge is 2.40. The number of rotatable bonds is 4. The molecule has 180 valence electrons. The molecule has 2 heterocycles. The van der Waals surface area contributed by atoms with E-state index in [0.29, 0.717) is 29.4 Å². The van der Waals surface area contributed by atoms with Crippen molar-refractivity contribution < 1.29 is 19.5 Å². The van der Waals surface area contributed by atoms with Gasteiger partial charge in [-0.3, -0.25) is 14.5 Å². The largest absolute Gasteiger partial charge is 0.477 e. The van der Waals surface area contributed by atoms with Crippen LogP contribution in [0.5, 0.6) is 0 Å². The van der Waals surface area contributed by atoms with E-state index in [0.717, 1.165) is 49.9 Å². The highest BCUT2D eigenvalue weighted by molar-refractivity contribution is 7.15. The van der Waals surface area contributed by atoms with Crippen LogP contribution in [0.2, 0.25) is 0 Å². The number of amides is 2. The van der Waals surface area contributed by atoms with E-state index in [1.807, 2.05) is 20.8 Å². The van der Waals surface area contributed by atoms with Crippen molar-refractivity contribution in [1.29, 1.82) is 0 Å². The smallest absolute Gasteiger partial charge is 0.348 e. The number of aromatic carboxylic acids is 1. The van der Waals surface area contributed by atoms with E-state index in [-0.39, 0.29) is 28.0 Å². The average molecular weight is 473 g/mol. The monoisotopic (exact) mass is 472 g/mol. The first-order valence-electron chi connectivity index (χ1n) is 12.0. The summed E-state index contributed by atoms with van der Waals surface area (Å²) in [7, 11) is 1.76. The Balaban J connectivity index is 2.09. The molecule has 1 aliphatic carbocycles. The van der Waals surface area contributed by atoms with Gasteiger partial charge in [-0.15, -0.1) is 11.3 Å². The Morgan fingerprint density at radius 3 is 2.42 bits per heavy atom. The van der Waals surface area contributed by atoms with Crippen molar-refractivity contribution in [1.82, 2.24) is 4.90 Å². The minimum absolute atomic E-state index is 0.0745. The molecule has 2 fully saturated rings. The number of likely N-dealkylation sites (tertiary alicyclic amines) is 1. The van der Waals surface area contributed by atoms with Gasteiger partial charge in [0.25, 0.3) is 0 Å². The van der Waals surface area contributed by atoms with Gasteiger partial charge in [-0.05, 0) is 77.7 Å². The van der Waals surface area contributed by atoms with E-state index in [9.17, 15) is 19.5 Å². The number of anilines is 1. The predicted octanol–water partition coefficient (Wildman–Crippen LogP) is 5.01. The maximum absolute atomic E-state index is 13.9. The maximum atomic E-state index is 13.9. The van der Waals surface area contributed by atoms with Gasteiger partial charge < -0.3 is 10.0 Å². The molecule has 1 saturated heterocycles. The van der Waals surface area contributed by atoms with Crippen molar-refractivity contribution in [2.24, 2.45) is 17.3 Å². The Labute approximate surface area is 201 Å². The fourth-order valence-electron chi connectivity index (χ4n) is 4.58. The molecule has 0 radical (unpaired) electrons. The van der Waals surface area contributed by atoms with Crippen molar-refractivity contribution >= 4 is 34.8 Å². The molecule has 0 spiro atoms. The zero-order valence-corrected chi connectivity index (χ0v) is 21.3. The molecule has 1 aliphatic heterocycles. The van der Waals surface area contributed by atoms with E-state index in [2.05, 4.69) is 18.8 Å². The maximum Gasteiger partial charge on any atom is 0.348 e. The fraction of sp³-hybridized carbons (Fsp3) is 0.654. The van der Waals surface area contributed by atoms with Gasteiger partial charge in [0.15, 0.2) is 0 Å². The van der Waals surface area contributed by atoms with Crippen LogP contribution in [0, 0.1) is 29.1 Å². The number of carboxylic acids is 1. The molecule has 1 aromatic heterocycles. The number of carboxylic acid groups (broad SMARTS) is 1. The third-order valence-electron chi connectivity index (χ3n) is 6.52. The summed E-state index contributed by atoms with van der Waals surface area (Å²) in [4.78, 5) is 43.3. The summed E-state index contributed by atoms with van der Waals surface area (Å²) in [5, 5.41) is 9.98. The van der Waals surface area contributed by atoms with E-state index in [1.54, 1.807) is 18.0 Å². The van der Waals surface area contributed by atoms with E-state index < -0.39 is 12.0 Å². The van der Waals surface area contributed by atoms with Crippen LogP contribution in [-0.4, -0.2) is 47.4 Å². The van der Waals surface area contributed by atoms with Gasteiger partial charge in [0.05, 0.1) is 10.6 Å². The van der Waals surface area contributed by atoms with Gasteiger partial charge in [0.1, 0.15) is 10.9 Å². The summed E-state index contributed by atoms with van der Waals surface area (Å²) >= 11 is 1.08. The van der Waals surface area contributed by atoms with Gasteiger partial charge in [0.2, 0.25) is 11.8 Å². The lowest BCUT2D eigenvalue weighted by Gasteiger charge is -2.36. The summed E-state index contributed by atoms with van der Waals surface area (Å²) in [5.41, 5.74) is 0.0879. The molecule has 7 heteroatoms. The number of hydrogen-bond acceptors (Lipinski definition) is 4. The zero-order chi connectivity index (χ0) is 24.3. The number of likely N-dealkylation sites (N-methyl/N-ethyl adjacent to an activating group) is 1. The van der Waals surface area contributed by atoms with Gasteiger partial charge in [-0.25, -0.2) is 4.79 Å². The summed E-state index contributed by atoms with van der Waals surface area (Å²) < 4.78 is 0. The topological polar surface area (TPSA) is 77.9 Å². The van der Waals surface area contributed by atoms with Crippen LogP contribution in [0.1, 0.15) is 87.2 Å². The van der Waals surface area contributed by atoms with Crippen molar-refractivity contribution in [2.75, 3.05) is 18.5 Å². The molecular weight excluding hydrogens is 436 g/mol. The number of nitrogens with zero attached hydrogens (tertiary/aromatic N) is 2. The summed E-state index contributed by atoms with van der Waals surface area (Å²) in [6.45, 7) is 8.82. The predicted molar refractivity (Wildman–Crippen MR) is 131 cm³/mol. The third-order valence-corrected chi connectivity index (χ3v) is 7.55. The van der Waals surface area contributed by atoms with Crippen LogP contribution >= 0.6 is 11.3 Å². The molecule has 2 aliphatic rings. The minimum atomic E-state index is -1.09. The van der Waals surface area contributed by atoms with E-state index in [4.69, 9.17) is 0 Å². The minimum Gasteiger partial charge on any atom is -0.477 e. The van der Waals surface area contributed by atoms with E-state index in [1.165, 1.54) is 4.90 Å². The Morgan fingerprint density at radius 1 is 1.15 bits per heavy atom. The Bertz CT molecular complexity index is 957. The molecular formula is C26H36N2O4S. The van der Waals surface area contributed by atoms with Crippen LogP contribution in [0.25, 0.3) is 0 Å². The first-order valence-corrected chi connectivity index (χ1v) is 12.8. The second kappa shape index (κ2) is 10.3. The summed E-state index contributed by atoms with van der Waals surface area (Å²) in [6, 6.07) is 1.02. The second-order valence-electron chi connectivity index (χ2n) is 10.6. The highest BCUT2D eigenvalue weighted by atomic mass is 32.1.